The van der Waals surface area contributed by atoms with Gasteiger partial charge in [-0.2, -0.15) is 0 Å². The molecule has 0 spiro atoms. The standard InChI is InChI=1S/C12H26N2O3/c1-14-4-3-11(9-14)7-13-8-12(15)10-17-6-5-16-2/h11-13,15H,3-10H2,1-2H3. The Morgan fingerprint density at radius 2 is 2.29 bits per heavy atom. The summed E-state index contributed by atoms with van der Waals surface area (Å²) in [6, 6.07) is 0. The van der Waals surface area contributed by atoms with E-state index in [0.717, 1.165) is 19.0 Å². The summed E-state index contributed by atoms with van der Waals surface area (Å²) in [5, 5.41) is 12.9. The molecule has 0 amide bonds. The van der Waals surface area contributed by atoms with Gasteiger partial charge in [-0.15, -0.1) is 0 Å². The van der Waals surface area contributed by atoms with Gasteiger partial charge in [0, 0.05) is 20.2 Å². The highest BCUT2D eigenvalue weighted by Gasteiger charge is 2.18. The lowest BCUT2D eigenvalue weighted by Crippen LogP contribution is -2.34. The Morgan fingerprint density at radius 3 is 2.94 bits per heavy atom. The fourth-order valence-corrected chi connectivity index (χ4v) is 2.07. The maximum Gasteiger partial charge on any atom is 0.0897 e. The molecule has 102 valence electrons. The summed E-state index contributed by atoms with van der Waals surface area (Å²) >= 11 is 0. The van der Waals surface area contributed by atoms with E-state index in [9.17, 15) is 5.11 Å². The second-order valence-electron chi connectivity index (χ2n) is 4.80. The Hall–Kier alpha value is -0.200. The van der Waals surface area contributed by atoms with Crippen molar-refractivity contribution in [2.24, 2.45) is 5.92 Å². The molecule has 5 nitrogen and oxygen atoms in total. The van der Waals surface area contributed by atoms with Crippen molar-refractivity contribution >= 4 is 0 Å². The van der Waals surface area contributed by atoms with Crippen molar-refractivity contribution in [2.45, 2.75) is 12.5 Å². The quantitative estimate of drug-likeness (QED) is 0.540. The molecule has 1 rings (SSSR count). The maximum absolute atomic E-state index is 9.64. The Bertz CT molecular complexity index is 193. The highest BCUT2D eigenvalue weighted by atomic mass is 16.5. The smallest absolute Gasteiger partial charge is 0.0897 e. The third kappa shape index (κ3) is 6.95. The average molecular weight is 246 g/mol. The van der Waals surface area contributed by atoms with Crippen LogP contribution in [0.3, 0.4) is 0 Å². The number of ether oxygens (including phenoxy) is 2. The molecule has 1 heterocycles. The predicted octanol–water partition coefficient (Wildman–Crippen LogP) is -0.448. The van der Waals surface area contributed by atoms with Gasteiger partial charge >= 0.3 is 0 Å². The van der Waals surface area contributed by atoms with Crippen molar-refractivity contribution in [1.29, 1.82) is 0 Å². The van der Waals surface area contributed by atoms with Crippen molar-refractivity contribution in [3.8, 4) is 0 Å². The lowest BCUT2D eigenvalue weighted by Gasteiger charge is -2.15. The first-order valence-electron chi connectivity index (χ1n) is 6.36. The fraction of sp³-hybridized carbons (Fsp3) is 1.00. The average Bonchev–Trinajstić information content (AvgIpc) is 2.71. The molecule has 1 saturated heterocycles. The van der Waals surface area contributed by atoms with Gasteiger partial charge in [0.05, 0.1) is 25.9 Å². The Balaban J connectivity index is 1.91. The molecule has 0 aliphatic carbocycles. The fourth-order valence-electron chi connectivity index (χ4n) is 2.07. The van der Waals surface area contributed by atoms with Crippen LogP contribution in [0.4, 0.5) is 0 Å². The van der Waals surface area contributed by atoms with Gasteiger partial charge < -0.3 is 24.8 Å². The van der Waals surface area contributed by atoms with Crippen LogP contribution in [-0.4, -0.2) is 76.3 Å². The molecule has 2 unspecified atom stereocenters. The molecule has 1 fully saturated rings. The van der Waals surface area contributed by atoms with Crippen LogP contribution < -0.4 is 5.32 Å². The van der Waals surface area contributed by atoms with Gasteiger partial charge in [-0.3, -0.25) is 0 Å². The SMILES string of the molecule is COCCOCC(O)CNCC1CCN(C)C1. The minimum absolute atomic E-state index is 0.376. The third-order valence-electron chi connectivity index (χ3n) is 3.04. The summed E-state index contributed by atoms with van der Waals surface area (Å²) in [5.41, 5.74) is 0. The van der Waals surface area contributed by atoms with Gasteiger partial charge in [0.1, 0.15) is 0 Å². The topological polar surface area (TPSA) is 54.0 Å². The number of hydrogen-bond donors (Lipinski definition) is 2. The van der Waals surface area contributed by atoms with Crippen LogP contribution in [0.2, 0.25) is 0 Å². The van der Waals surface area contributed by atoms with E-state index in [1.165, 1.54) is 13.0 Å². The van der Waals surface area contributed by atoms with E-state index in [0.29, 0.717) is 26.4 Å². The van der Waals surface area contributed by atoms with Crippen molar-refractivity contribution in [3.05, 3.63) is 0 Å². The summed E-state index contributed by atoms with van der Waals surface area (Å²) in [4.78, 5) is 2.34. The molecule has 2 atom stereocenters. The van der Waals surface area contributed by atoms with Gasteiger partial charge in [0.2, 0.25) is 0 Å². The van der Waals surface area contributed by atoms with E-state index in [1.54, 1.807) is 7.11 Å². The first-order valence-corrected chi connectivity index (χ1v) is 6.36. The molecule has 0 radical (unpaired) electrons. The molecule has 0 bridgehead atoms. The zero-order valence-corrected chi connectivity index (χ0v) is 11.0. The van der Waals surface area contributed by atoms with Crippen molar-refractivity contribution in [1.82, 2.24) is 10.2 Å². The van der Waals surface area contributed by atoms with Crippen LogP contribution in [0.5, 0.6) is 0 Å². The predicted molar refractivity (Wildman–Crippen MR) is 67.2 cm³/mol. The minimum Gasteiger partial charge on any atom is -0.389 e. The zero-order valence-electron chi connectivity index (χ0n) is 11.0. The maximum atomic E-state index is 9.64. The molecule has 0 aromatic carbocycles. The van der Waals surface area contributed by atoms with Crippen molar-refractivity contribution in [3.63, 3.8) is 0 Å². The van der Waals surface area contributed by atoms with Crippen molar-refractivity contribution < 1.29 is 14.6 Å². The lowest BCUT2D eigenvalue weighted by molar-refractivity contribution is 0.0136. The number of aliphatic hydroxyl groups excluding tert-OH is 1. The monoisotopic (exact) mass is 246 g/mol. The number of hydrogen-bond acceptors (Lipinski definition) is 5. The summed E-state index contributed by atoms with van der Waals surface area (Å²) in [5.74, 6) is 0.724. The minimum atomic E-state index is -0.425. The Morgan fingerprint density at radius 1 is 1.47 bits per heavy atom. The Labute approximate surface area is 104 Å². The second kappa shape index (κ2) is 8.83. The number of nitrogens with zero attached hydrogens (tertiary/aromatic N) is 1. The summed E-state index contributed by atoms with van der Waals surface area (Å²) in [6.45, 7) is 5.44. The highest BCUT2D eigenvalue weighted by Crippen LogP contribution is 2.12. The molecular formula is C12H26N2O3. The Kier molecular flexibility index (Phi) is 7.72. The van der Waals surface area contributed by atoms with E-state index in [-0.39, 0.29) is 0 Å². The molecule has 0 aromatic heterocycles. The molecule has 17 heavy (non-hydrogen) atoms. The molecule has 0 saturated carbocycles. The highest BCUT2D eigenvalue weighted by molar-refractivity contribution is 4.75. The van der Waals surface area contributed by atoms with E-state index >= 15 is 0 Å². The summed E-state index contributed by atoms with van der Waals surface area (Å²) in [7, 11) is 3.79. The van der Waals surface area contributed by atoms with Gasteiger partial charge in [-0.25, -0.2) is 0 Å². The van der Waals surface area contributed by atoms with Crippen LogP contribution in [0.25, 0.3) is 0 Å². The molecule has 1 aliphatic heterocycles. The van der Waals surface area contributed by atoms with Crippen LogP contribution in [0.1, 0.15) is 6.42 Å². The molecule has 5 heteroatoms. The number of methoxy groups -OCH3 is 1. The summed E-state index contributed by atoms with van der Waals surface area (Å²) < 4.78 is 10.1. The summed E-state index contributed by atoms with van der Waals surface area (Å²) in [6.07, 6.45) is 0.829. The van der Waals surface area contributed by atoms with Crippen LogP contribution in [-0.2, 0) is 9.47 Å². The first kappa shape index (κ1) is 14.9. The number of nitrogens with one attached hydrogen (secondary N) is 1. The van der Waals surface area contributed by atoms with E-state index in [4.69, 9.17) is 9.47 Å². The second-order valence-corrected chi connectivity index (χ2v) is 4.80. The van der Waals surface area contributed by atoms with Gasteiger partial charge in [0.15, 0.2) is 0 Å². The van der Waals surface area contributed by atoms with E-state index < -0.39 is 6.10 Å². The van der Waals surface area contributed by atoms with Gasteiger partial charge in [-0.1, -0.05) is 0 Å². The van der Waals surface area contributed by atoms with Crippen LogP contribution >= 0.6 is 0 Å². The number of rotatable bonds is 9. The largest absolute Gasteiger partial charge is 0.389 e. The third-order valence-corrected chi connectivity index (χ3v) is 3.04. The molecule has 0 aromatic rings. The van der Waals surface area contributed by atoms with Crippen LogP contribution in [0.15, 0.2) is 0 Å². The van der Waals surface area contributed by atoms with Gasteiger partial charge in [-0.05, 0) is 32.5 Å². The zero-order chi connectivity index (χ0) is 12.5. The number of aliphatic hydroxyl groups is 1. The van der Waals surface area contributed by atoms with Gasteiger partial charge in [0.25, 0.3) is 0 Å². The number of likely N-dealkylation sites (tertiary alicyclic amines) is 1. The van der Waals surface area contributed by atoms with E-state index in [1.807, 2.05) is 0 Å². The van der Waals surface area contributed by atoms with Crippen LogP contribution in [0, 0.1) is 5.92 Å². The molecule has 2 N–H and O–H groups in total. The molecule has 1 aliphatic rings. The van der Waals surface area contributed by atoms with E-state index in [2.05, 4.69) is 17.3 Å². The first-order chi connectivity index (χ1) is 8.22. The lowest BCUT2D eigenvalue weighted by atomic mass is 10.1. The normalized spacial score (nSPS) is 23.1. The molecular weight excluding hydrogens is 220 g/mol. The van der Waals surface area contributed by atoms with Crippen molar-refractivity contribution in [2.75, 3.05) is 60.2 Å².